The number of benzene rings is 1. The number of rotatable bonds is 6. The highest BCUT2D eigenvalue weighted by Gasteiger charge is 2.60. The van der Waals surface area contributed by atoms with Gasteiger partial charge in [0.1, 0.15) is 6.61 Å². The van der Waals surface area contributed by atoms with E-state index in [1.54, 1.807) is 24.3 Å². The topological polar surface area (TPSA) is 122 Å². The van der Waals surface area contributed by atoms with Gasteiger partial charge in [0.15, 0.2) is 0 Å². The minimum Gasteiger partial charge on any atom is -0.481 e. The van der Waals surface area contributed by atoms with E-state index in [1.807, 2.05) is 6.07 Å². The van der Waals surface area contributed by atoms with Gasteiger partial charge in [-0.2, -0.15) is 0 Å². The number of ether oxygens (including phenoxy) is 2. The lowest BCUT2D eigenvalue weighted by Gasteiger charge is -2.37. The van der Waals surface area contributed by atoms with Crippen molar-refractivity contribution >= 4 is 23.9 Å². The van der Waals surface area contributed by atoms with Crippen molar-refractivity contribution < 1.29 is 33.8 Å². The molecule has 2 amide bonds. The maximum Gasteiger partial charge on any atom is 0.410 e. The smallest absolute Gasteiger partial charge is 0.410 e. The summed E-state index contributed by atoms with van der Waals surface area (Å²) in [5.41, 5.74) is -0.723. The third-order valence-corrected chi connectivity index (χ3v) is 5.34. The Bertz CT molecular complexity index is 782. The summed E-state index contributed by atoms with van der Waals surface area (Å²) in [7, 11) is 2.59. The second-order valence-electron chi connectivity index (χ2n) is 7.38. The van der Waals surface area contributed by atoms with Crippen molar-refractivity contribution in [3.8, 4) is 0 Å². The third kappa shape index (κ3) is 4.67. The minimum atomic E-state index is -1.49. The minimum absolute atomic E-state index is 0.00571. The van der Waals surface area contributed by atoms with Crippen LogP contribution in [0.25, 0.3) is 0 Å². The summed E-state index contributed by atoms with van der Waals surface area (Å²) < 4.78 is 10.1. The van der Waals surface area contributed by atoms with Crippen LogP contribution in [0, 0.1) is 11.3 Å². The molecule has 2 N–H and O–H groups in total. The van der Waals surface area contributed by atoms with Crippen molar-refractivity contribution in [1.82, 2.24) is 10.2 Å². The van der Waals surface area contributed by atoms with Crippen LogP contribution >= 0.6 is 0 Å². The monoisotopic (exact) mass is 406 g/mol. The number of nitrogens with one attached hydrogen (secondary N) is 1. The number of hydrogen-bond donors (Lipinski definition) is 2. The summed E-state index contributed by atoms with van der Waals surface area (Å²) in [6, 6.07) is 7.07. The Labute approximate surface area is 169 Å². The van der Waals surface area contributed by atoms with Crippen LogP contribution in [0.5, 0.6) is 0 Å². The zero-order chi connectivity index (χ0) is 21.8. The van der Waals surface area contributed by atoms with Crippen LogP contribution in [0.15, 0.2) is 30.3 Å². The van der Waals surface area contributed by atoms with Crippen LogP contribution in [0.4, 0.5) is 4.79 Å². The highest BCUT2D eigenvalue weighted by atomic mass is 16.6. The van der Waals surface area contributed by atoms with Gasteiger partial charge in [-0.1, -0.05) is 30.3 Å². The summed E-state index contributed by atoms with van der Waals surface area (Å²) in [6.07, 6.45) is -0.854. The van der Waals surface area contributed by atoms with E-state index in [2.05, 4.69) is 5.32 Å². The molecule has 0 bridgehead atoms. The number of carboxylic acid groups (broad SMARTS) is 1. The van der Waals surface area contributed by atoms with E-state index in [1.165, 1.54) is 28.0 Å². The van der Waals surface area contributed by atoms with Gasteiger partial charge in [-0.15, -0.1) is 0 Å². The first kappa shape index (κ1) is 22.2. The highest BCUT2D eigenvalue weighted by Crippen LogP contribution is 2.45. The molecule has 1 aliphatic rings. The molecule has 158 valence electrons. The van der Waals surface area contributed by atoms with Crippen molar-refractivity contribution in [1.29, 1.82) is 0 Å². The molecule has 1 saturated carbocycles. The predicted molar refractivity (Wildman–Crippen MR) is 102 cm³/mol. The average Bonchev–Trinajstić information content (AvgIpc) is 2.98. The average molecular weight is 406 g/mol. The summed E-state index contributed by atoms with van der Waals surface area (Å²) in [5.74, 6) is -3.20. The van der Waals surface area contributed by atoms with Gasteiger partial charge in [0.25, 0.3) is 0 Å². The number of carbonyl (C=O) groups excluding carboxylic acids is 3. The summed E-state index contributed by atoms with van der Waals surface area (Å²) in [4.78, 5) is 49.9. The van der Waals surface area contributed by atoms with E-state index in [4.69, 9.17) is 9.47 Å². The molecule has 0 saturated heterocycles. The van der Waals surface area contributed by atoms with Crippen molar-refractivity contribution in [3.05, 3.63) is 35.9 Å². The summed E-state index contributed by atoms with van der Waals surface area (Å²) >= 11 is 0. The van der Waals surface area contributed by atoms with E-state index in [9.17, 15) is 24.3 Å². The van der Waals surface area contributed by atoms with E-state index >= 15 is 0 Å². The van der Waals surface area contributed by atoms with Gasteiger partial charge in [-0.05, 0) is 18.9 Å². The normalized spacial score (nSPS) is 25.7. The zero-order valence-electron chi connectivity index (χ0n) is 16.9. The highest BCUT2D eigenvalue weighted by molar-refractivity contribution is 5.84. The van der Waals surface area contributed by atoms with Gasteiger partial charge in [-0.25, -0.2) is 4.79 Å². The van der Waals surface area contributed by atoms with Crippen molar-refractivity contribution in [2.45, 2.75) is 39.0 Å². The molecule has 2 rings (SSSR count). The number of carboxylic acids is 1. The molecule has 29 heavy (non-hydrogen) atoms. The van der Waals surface area contributed by atoms with E-state index in [-0.39, 0.29) is 13.0 Å². The lowest BCUT2D eigenvalue weighted by atomic mass is 9.83. The van der Waals surface area contributed by atoms with Gasteiger partial charge in [0.05, 0.1) is 30.5 Å². The first-order valence-electron chi connectivity index (χ1n) is 9.13. The van der Waals surface area contributed by atoms with Gasteiger partial charge < -0.3 is 24.8 Å². The van der Waals surface area contributed by atoms with Crippen molar-refractivity contribution in [2.75, 3.05) is 14.2 Å². The van der Waals surface area contributed by atoms with Crippen LogP contribution < -0.4 is 5.32 Å². The molecule has 9 heteroatoms. The number of esters is 1. The van der Waals surface area contributed by atoms with E-state index in [0.717, 1.165) is 10.5 Å². The van der Waals surface area contributed by atoms with Crippen LogP contribution in [0.1, 0.15) is 25.8 Å². The molecule has 1 aromatic rings. The molecule has 1 aromatic carbocycles. The van der Waals surface area contributed by atoms with Gasteiger partial charge >= 0.3 is 18.0 Å². The van der Waals surface area contributed by atoms with Crippen LogP contribution in [0.2, 0.25) is 0 Å². The lowest BCUT2D eigenvalue weighted by molar-refractivity contribution is -0.151. The maximum absolute atomic E-state index is 12.7. The number of hydrogen-bond acceptors (Lipinski definition) is 6. The third-order valence-electron chi connectivity index (χ3n) is 5.34. The molecule has 0 unspecified atom stereocenters. The molecule has 4 atom stereocenters. The SMILES string of the molecule is COC(=O)[C@@H]1C[C@](C)(C(=O)O)[C@H](N(C)C(=O)OCc2ccccc2)[C@@H]1NC(C)=O. The number of aliphatic carboxylic acids is 1. The van der Waals surface area contributed by atoms with Gasteiger partial charge in [0.2, 0.25) is 5.91 Å². The Morgan fingerprint density at radius 1 is 1.24 bits per heavy atom. The maximum atomic E-state index is 12.7. The Kier molecular flexibility index (Phi) is 6.84. The van der Waals surface area contributed by atoms with Crippen LogP contribution in [-0.4, -0.2) is 60.2 Å². The van der Waals surface area contributed by atoms with Crippen LogP contribution in [0.3, 0.4) is 0 Å². The van der Waals surface area contributed by atoms with Crippen molar-refractivity contribution in [3.63, 3.8) is 0 Å². The lowest BCUT2D eigenvalue weighted by Crippen LogP contribution is -2.58. The second kappa shape index (κ2) is 8.93. The molecule has 1 fully saturated rings. The van der Waals surface area contributed by atoms with Gasteiger partial charge in [0, 0.05) is 14.0 Å². The fraction of sp³-hybridized carbons (Fsp3) is 0.500. The number of amides is 2. The largest absolute Gasteiger partial charge is 0.481 e. The zero-order valence-corrected chi connectivity index (χ0v) is 16.9. The van der Waals surface area contributed by atoms with Crippen molar-refractivity contribution in [2.24, 2.45) is 11.3 Å². The molecular weight excluding hydrogens is 380 g/mol. The quantitative estimate of drug-likeness (QED) is 0.685. The fourth-order valence-electron chi connectivity index (χ4n) is 3.93. The summed E-state index contributed by atoms with van der Waals surface area (Å²) in [6.45, 7) is 2.71. The molecule has 0 aliphatic heterocycles. The van der Waals surface area contributed by atoms with E-state index in [0.29, 0.717) is 0 Å². The van der Waals surface area contributed by atoms with Crippen LogP contribution in [-0.2, 0) is 30.5 Å². The Morgan fingerprint density at radius 3 is 2.38 bits per heavy atom. The molecule has 9 nitrogen and oxygen atoms in total. The Hall–Kier alpha value is -3.10. The van der Waals surface area contributed by atoms with E-state index < -0.39 is 47.4 Å². The molecule has 0 radical (unpaired) electrons. The first-order valence-corrected chi connectivity index (χ1v) is 9.13. The van der Waals surface area contributed by atoms with Gasteiger partial charge in [-0.3, -0.25) is 14.4 Å². The number of methoxy groups -OCH3 is 1. The second-order valence-corrected chi connectivity index (χ2v) is 7.38. The fourth-order valence-corrected chi connectivity index (χ4v) is 3.93. The number of nitrogens with zero attached hydrogens (tertiary/aromatic N) is 1. The summed E-state index contributed by atoms with van der Waals surface area (Å²) in [5, 5.41) is 12.5. The standard InChI is InChI=1S/C20H26N2O7/c1-12(23)21-15-14(17(24)28-4)10-20(2,18(25)26)16(15)22(3)19(27)29-11-13-8-6-5-7-9-13/h5-9,14-16H,10-11H2,1-4H3,(H,21,23)(H,25,26)/t14-,15-,16-,20+/m1/s1. The molecule has 0 heterocycles. The molecule has 0 spiro atoms. The molecule has 1 aliphatic carbocycles. The number of likely N-dealkylation sites (N-methyl/N-ethyl adjacent to an activating group) is 1. The number of carbonyl (C=O) groups is 4. The predicted octanol–water partition coefficient (Wildman–Crippen LogP) is 1.41. The Morgan fingerprint density at radius 2 is 1.86 bits per heavy atom. The Balaban J connectivity index is 2.31. The first-order chi connectivity index (χ1) is 13.6. The molecular formula is C20H26N2O7. The molecule has 0 aromatic heterocycles.